The third kappa shape index (κ3) is 4.91. The minimum Gasteiger partial charge on any atom is -0.344 e. The second kappa shape index (κ2) is 10.6. The predicted octanol–water partition coefficient (Wildman–Crippen LogP) is 3.15. The van der Waals surface area contributed by atoms with Crippen LogP contribution >= 0.6 is 22.9 Å². The maximum absolute atomic E-state index is 13.8. The average molecular weight is 572 g/mol. The fourth-order valence-electron chi connectivity index (χ4n) is 5.13. The number of likely N-dealkylation sites (N-methyl/N-ethyl adjacent to an activating group) is 1. The van der Waals surface area contributed by atoms with Crippen LogP contribution in [0.4, 0.5) is 0 Å². The molecule has 2 aromatic heterocycles. The number of fused-ring (bicyclic) bond motifs is 2. The molecule has 2 aliphatic rings. The van der Waals surface area contributed by atoms with E-state index >= 15 is 0 Å². The molecule has 0 radical (unpaired) electrons. The number of hydrogen-bond acceptors (Lipinski definition) is 8. The summed E-state index contributed by atoms with van der Waals surface area (Å²) in [6.45, 7) is 1.96. The Morgan fingerprint density at radius 3 is 2.84 bits per heavy atom. The van der Waals surface area contributed by atoms with Gasteiger partial charge in [0.15, 0.2) is 10.0 Å². The third-order valence-electron chi connectivity index (χ3n) is 7.08. The molecule has 4 heterocycles. The number of aromatic nitrogens is 2. The Morgan fingerprint density at radius 2 is 2.08 bits per heavy atom. The fraction of sp³-hybridized carbons (Fsp3) is 0.440. The fourth-order valence-corrected chi connectivity index (χ4v) is 8.12. The van der Waals surface area contributed by atoms with Gasteiger partial charge < -0.3 is 14.8 Å². The number of halogens is 1. The minimum absolute atomic E-state index is 0.0353. The number of carbonyl (C=O) groups is 1. The molecule has 1 N–H and O–H groups in total. The van der Waals surface area contributed by atoms with Crippen molar-refractivity contribution in [2.45, 2.75) is 43.3 Å². The van der Waals surface area contributed by atoms with E-state index in [9.17, 15) is 23.7 Å². The number of rotatable bonds is 6. The number of thiazole rings is 1. The molecular weight excluding hydrogens is 546 g/mol. The van der Waals surface area contributed by atoms with Crippen LogP contribution in [0.3, 0.4) is 0 Å². The molecule has 1 amide bonds. The van der Waals surface area contributed by atoms with Crippen LogP contribution in [0.2, 0.25) is 5.02 Å². The molecule has 2 aliphatic heterocycles. The number of sulfonamides is 1. The van der Waals surface area contributed by atoms with Crippen LogP contribution in [-0.2, 0) is 29.4 Å². The summed E-state index contributed by atoms with van der Waals surface area (Å²) in [5.74, 6) is -0.225. The van der Waals surface area contributed by atoms with Gasteiger partial charge in [-0.3, -0.25) is 4.79 Å². The van der Waals surface area contributed by atoms with Gasteiger partial charge in [-0.15, -0.1) is 11.3 Å². The Bertz CT molecular complexity index is 1580. The number of carbonyl (C=O) groups excluding carboxylic acids is 1. The maximum atomic E-state index is 13.8. The van der Waals surface area contributed by atoms with E-state index in [1.54, 1.807) is 23.1 Å². The van der Waals surface area contributed by atoms with Crippen molar-refractivity contribution in [3.63, 3.8) is 0 Å². The smallest absolute Gasteiger partial charge is 0.283 e. The van der Waals surface area contributed by atoms with E-state index in [0.717, 1.165) is 30.1 Å². The number of amides is 1. The molecule has 0 spiro atoms. The lowest BCUT2D eigenvalue weighted by Crippen LogP contribution is -2.56. The molecule has 0 aliphatic carbocycles. The second-order valence-corrected chi connectivity index (χ2v) is 12.9. The van der Waals surface area contributed by atoms with E-state index in [4.69, 9.17) is 11.6 Å². The first-order valence-electron chi connectivity index (χ1n) is 12.2. The SMILES string of the molecule is CN1CCc2nc(C(=O)N3CCN(S(=O)(=O)c4[nH]c5ccc(Cl)cc5c4CC#N)CC3CCC#N)sc2C1. The number of piperazine rings is 1. The number of hydrogen-bond donors (Lipinski definition) is 1. The lowest BCUT2D eigenvalue weighted by Gasteiger charge is -2.40. The third-order valence-corrected chi connectivity index (χ3v) is 10.3. The van der Waals surface area contributed by atoms with Crippen molar-refractivity contribution >= 4 is 49.8 Å². The van der Waals surface area contributed by atoms with Crippen LogP contribution in [0.25, 0.3) is 10.9 Å². The Labute approximate surface area is 230 Å². The van der Waals surface area contributed by atoms with E-state index in [2.05, 4.69) is 27.0 Å². The molecule has 1 saturated heterocycles. The first-order valence-corrected chi connectivity index (χ1v) is 14.9. The van der Waals surface area contributed by atoms with Gasteiger partial charge in [0, 0.05) is 78.0 Å². The van der Waals surface area contributed by atoms with Crippen LogP contribution in [0.15, 0.2) is 23.2 Å². The summed E-state index contributed by atoms with van der Waals surface area (Å²) < 4.78 is 29.0. The number of H-pyrrole nitrogens is 1. The molecule has 1 aromatic carbocycles. The molecule has 1 fully saturated rings. The lowest BCUT2D eigenvalue weighted by molar-refractivity contribution is 0.0552. The van der Waals surface area contributed by atoms with Crippen molar-refractivity contribution in [1.29, 1.82) is 10.5 Å². The summed E-state index contributed by atoms with van der Waals surface area (Å²) in [6, 6.07) is 8.68. The maximum Gasteiger partial charge on any atom is 0.283 e. The first kappa shape index (κ1) is 26.6. The summed E-state index contributed by atoms with van der Waals surface area (Å²) in [4.78, 5) is 26.1. The van der Waals surface area contributed by atoms with Gasteiger partial charge in [-0.05, 0) is 31.7 Å². The van der Waals surface area contributed by atoms with Gasteiger partial charge in [-0.1, -0.05) is 11.6 Å². The van der Waals surface area contributed by atoms with Gasteiger partial charge in [0.25, 0.3) is 15.9 Å². The molecule has 1 unspecified atom stereocenters. The number of benzene rings is 1. The van der Waals surface area contributed by atoms with E-state index in [0.29, 0.717) is 32.9 Å². The minimum atomic E-state index is -4.03. The molecular formula is C25H26ClN7O3S2. The Balaban J connectivity index is 1.43. The highest BCUT2D eigenvalue weighted by molar-refractivity contribution is 7.89. The van der Waals surface area contributed by atoms with E-state index in [1.165, 1.54) is 15.6 Å². The Morgan fingerprint density at radius 1 is 1.26 bits per heavy atom. The van der Waals surface area contributed by atoms with E-state index < -0.39 is 16.1 Å². The van der Waals surface area contributed by atoms with Crippen LogP contribution < -0.4 is 0 Å². The Hall–Kier alpha value is -3.00. The summed E-state index contributed by atoms with van der Waals surface area (Å²) in [5, 5.41) is 20.0. The molecule has 0 saturated carbocycles. The topological polar surface area (TPSA) is 137 Å². The summed E-state index contributed by atoms with van der Waals surface area (Å²) >= 11 is 7.53. The number of nitrogens with one attached hydrogen (secondary N) is 1. The van der Waals surface area contributed by atoms with Crippen molar-refractivity contribution in [3.05, 3.63) is 44.4 Å². The van der Waals surface area contributed by atoms with Crippen LogP contribution in [0.5, 0.6) is 0 Å². The van der Waals surface area contributed by atoms with Gasteiger partial charge in [0.05, 0.1) is 24.3 Å². The van der Waals surface area contributed by atoms with Crippen molar-refractivity contribution < 1.29 is 13.2 Å². The van der Waals surface area contributed by atoms with Crippen LogP contribution in [0, 0.1) is 22.7 Å². The zero-order valence-electron chi connectivity index (χ0n) is 20.8. The van der Waals surface area contributed by atoms with E-state index in [-0.39, 0.29) is 43.4 Å². The van der Waals surface area contributed by atoms with Crippen molar-refractivity contribution in [2.24, 2.45) is 0 Å². The highest BCUT2D eigenvalue weighted by atomic mass is 35.5. The summed E-state index contributed by atoms with van der Waals surface area (Å²) in [7, 11) is -1.99. The quantitative estimate of drug-likeness (QED) is 0.479. The molecule has 1 atom stereocenters. The van der Waals surface area contributed by atoms with Gasteiger partial charge in [-0.25, -0.2) is 13.4 Å². The summed E-state index contributed by atoms with van der Waals surface area (Å²) in [5.41, 5.74) is 1.90. The molecule has 13 heteroatoms. The van der Waals surface area contributed by atoms with Gasteiger partial charge in [-0.2, -0.15) is 14.8 Å². The predicted molar refractivity (Wildman–Crippen MR) is 143 cm³/mol. The number of nitrogens with zero attached hydrogens (tertiary/aromatic N) is 6. The molecule has 10 nitrogen and oxygen atoms in total. The lowest BCUT2D eigenvalue weighted by atomic mass is 10.1. The average Bonchev–Trinajstić information content (AvgIpc) is 3.48. The van der Waals surface area contributed by atoms with Crippen molar-refractivity contribution in [1.82, 2.24) is 24.1 Å². The van der Waals surface area contributed by atoms with Gasteiger partial charge in [0.2, 0.25) is 0 Å². The molecule has 38 heavy (non-hydrogen) atoms. The normalized spacial score (nSPS) is 18.7. The second-order valence-electron chi connectivity index (χ2n) is 9.55. The van der Waals surface area contributed by atoms with Crippen molar-refractivity contribution in [2.75, 3.05) is 33.2 Å². The molecule has 3 aromatic rings. The van der Waals surface area contributed by atoms with Crippen LogP contribution in [0.1, 0.15) is 38.8 Å². The van der Waals surface area contributed by atoms with Gasteiger partial charge in [0.1, 0.15) is 0 Å². The standard InChI is InChI=1S/C25H26ClN7O3S2/c1-31-10-7-21-22(15-31)37-23(29-21)25(34)33-12-11-32(14-17(33)3-2-8-27)38(35,36)24-18(6-9-28)19-13-16(26)4-5-20(19)30-24/h4-5,13,17,30H,2-3,6-7,10-12,14-15H2,1H3. The van der Waals surface area contributed by atoms with Gasteiger partial charge >= 0.3 is 0 Å². The van der Waals surface area contributed by atoms with Crippen LogP contribution in [-0.4, -0.2) is 77.7 Å². The molecule has 0 bridgehead atoms. The zero-order valence-corrected chi connectivity index (χ0v) is 23.2. The Kier molecular flexibility index (Phi) is 7.45. The monoisotopic (exact) mass is 571 g/mol. The highest BCUT2D eigenvalue weighted by Gasteiger charge is 2.39. The zero-order chi connectivity index (χ0) is 27.0. The summed E-state index contributed by atoms with van der Waals surface area (Å²) in [6.07, 6.45) is 1.22. The molecule has 198 valence electrons. The highest BCUT2D eigenvalue weighted by Crippen LogP contribution is 2.32. The van der Waals surface area contributed by atoms with Crippen molar-refractivity contribution in [3.8, 4) is 12.1 Å². The largest absolute Gasteiger partial charge is 0.344 e. The van der Waals surface area contributed by atoms with E-state index in [1.807, 2.05) is 7.05 Å². The number of aromatic amines is 1. The molecule has 5 rings (SSSR count). The first-order chi connectivity index (χ1) is 18.2. The number of nitriles is 2.